The summed E-state index contributed by atoms with van der Waals surface area (Å²) < 4.78 is 41.6. The van der Waals surface area contributed by atoms with Crippen molar-refractivity contribution in [3.8, 4) is 11.4 Å². The molecule has 1 aliphatic carbocycles. The number of benzene rings is 1. The second-order valence-electron chi connectivity index (χ2n) is 6.25. The summed E-state index contributed by atoms with van der Waals surface area (Å²) in [5, 5.41) is 6.21. The summed E-state index contributed by atoms with van der Waals surface area (Å²) in [6.45, 7) is 0.381. The van der Waals surface area contributed by atoms with Crippen LogP contribution < -0.4 is 5.32 Å². The van der Waals surface area contributed by atoms with E-state index < -0.39 is 12.1 Å². The monoisotopic (exact) mass is 353 g/mol. The van der Waals surface area contributed by atoms with Gasteiger partial charge in [-0.05, 0) is 24.3 Å². The Bertz CT molecular complexity index is 719. The molecule has 0 spiro atoms. The Morgan fingerprint density at radius 2 is 1.88 bits per heavy atom. The molecule has 8 heteroatoms. The van der Waals surface area contributed by atoms with Gasteiger partial charge in [0.1, 0.15) is 0 Å². The van der Waals surface area contributed by atoms with Crippen LogP contribution >= 0.6 is 0 Å². The third-order valence-electron chi connectivity index (χ3n) is 4.32. The fraction of sp³-hybridized carbons (Fsp3) is 0.471. The molecule has 1 heterocycles. The lowest BCUT2D eigenvalue weighted by atomic mass is 10.0. The van der Waals surface area contributed by atoms with E-state index in [-0.39, 0.29) is 11.7 Å². The van der Waals surface area contributed by atoms with Gasteiger partial charge in [0.05, 0.1) is 0 Å². The van der Waals surface area contributed by atoms with Crippen molar-refractivity contribution in [3.63, 3.8) is 0 Å². The molecule has 3 rings (SSSR count). The lowest BCUT2D eigenvalue weighted by Crippen LogP contribution is -2.24. The molecule has 1 aliphatic rings. The normalized spacial score (nSPS) is 15.5. The molecule has 134 valence electrons. The Kier molecular flexibility index (Phi) is 5.06. The third kappa shape index (κ3) is 4.58. The van der Waals surface area contributed by atoms with Gasteiger partial charge in [0.15, 0.2) is 0 Å². The van der Waals surface area contributed by atoms with Gasteiger partial charge in [-0.1, -0.05) is 42.3 Å². The predicted molar refractivity (Wildman–Crippen MR) is 83.2 cm³/mol. The van der Waals surface area contributed by atoms with Gasteiger partial charge in [-0.25, -0.2) is 0 Å². The predicted octanol–water partition coefficient (Wildman–Crippen LogP) is 3.95. The Labute approximate surface area is 142 Å². The van der Waals surface area contributed by atoms with Crippen LogP contribution in [-0.4, -0.2) is 16.0 Å². The van der Waals surface area contributed by atoms with Crippen LogP contribution in [0, 0.1) is 5.92 Å². The van der Waals surface area contributed by atoms with Crippen LogP contribution in [0.3, 0.4) is 0 Å². The highest BCUT2D eigenvalue weighted by Gasteiger charge is 2.38. The van der Waals surface area contributed by atoms with Crippen molar-refractivity contribution in [2.24, 2.45) is 5.92 Å². The van der Waals surface area contributed by atoms with Crippen LogP contribution in [0.5, 0.6) is 0 Å². The highest BCUT2D eigenvalue weighted by molar-refractivity contribution is 5.76. The largest absolute Gasteiger partial charge is 0.471 e. The van der Waals surface area contributed by atoms with E-state index in [1.807, 2.05) is 0 Å². The van der Waals surface area contributed by atoms with Crippen molar-refractivity contribution in [1.82, 2.24) is 15.5 Å². The van der Waals surface area contributed by atoms with Crippen molar-refractivity contribution in [1.29, 1.82) is 0 Å². The number of nitrogens with zero attached hydrogens (tertiary/aromatic N) is 2. The van der Waals surface area contributed by atoms with Gasteiger partial charge < -0.3 is 9.84 Å². The number of aromatic nitrogens is 2. The zero-order valence-corrected chi connectivity index (χ0v) is 13.5. The molecule has 0 radical (unpaired) electrons. The lowest BCUT2D eigenvalue weighted by Gasteiger charge is -2.09. The number of carbonyl (C=O) groups excluding carboxylic acids is 1. The fourth-order valence-corrected chi connectivity index (χ4v) is 2.98. The number of rotatable bonds is 5. The van der Waals surface area contributed by atoms with Crippen LogP contribution in [0.1, 0.15) is 43.6 Å². The van der Waals surface area contributed by atoms with Gasteiger partial charge in [0.25, 0.3) is 0 Å². The maximum atomic E-state index is 12.5. The van der Waals surface area contributed by atoms with Gasteiger partial charge in [-0.3, -0.25) is 4.79 Å². The van der Waals surface area contributed by atoms with E-state index in [4.69, 9.17) is 0 Å². The SMILES string of the molecule is O=C(CC1CCCC1)NCc1ccc(-c2noc(C(F)(F)F)n2)cc1. The van der Waals surface area contributed by atoms with Gasteiger partial charge >= 0.3 is 12.1 Å². The topological polar surface area (TPSA) is 68.0 Å². The molecule has 2 aromatic rings. The molecule has 0 bridgehead atoms. The van der Waals surface area contributed by atoms with E-state index in [2.05, 4.69) is 20.0 Å². The molecular formula is C17H18F3N3O2. The summed E-state index contributed by atoms with van der Waals surface area (Å²) >= 11 is 0. The third-order valence-corrected chi connectivity index (χ3v) is 4.32. The van der Waals surface area contributed by atoms with Crippen molar-refractivity contribution in [3.05, 3.63) is 35.7 Å². The molecule has 5 nitrogen and oxygen atoms in total. The Hall–Kier alpha value is -2.38. The van der Waals surface area contributed by atoms with Crippen molar-refractivity contribution in [2.75, 3.05) is 0 Å². The number of carbonyl (C=O) groups is 1. The highest BCUT2D eigenvalue weighted by atomic mass is 19.4. The molecule has 1 N–H and O–H groups in total. The number of alkyl halides is 3. The number of amides is 1. The Morgan fingerprint density at radius 1 is 1.20 bits per heavy atom. The summed E-state index contributed by atoms with van der Waals surface area (Å²) in [6.07, 6.45) is 0.534. The summed E-state index contributed by atoms with van der Waals surface area (Å²) in [5.74, 6) is -0.970. The highest BCUT2D eigenvalue weighted by Crippen LogP contribution is 2.29. The molecule has 1 aromatic heterocycles. The van der Waals surface area contributed by atoms with E-state index in [0.717, 1.165) is 18.4 Å². The standard InChI is InChI=1S/C17H18F3N3O2/c18-17(19,20)16-22-15(23-25-16)13-7-5-12(6-8-13)10-21-14(24)9-11-3-1-2-4-11/h5-8,11H,1-4,9-10H2,(H,21,24). The molecule has 1 aromatic carbocycles. The first-order valence-corrected chi connectivity index (χ1v) is 8.19. The van der Waals surface area contributed by atoms with Gasteiger partial charge in [-0.2, -0.15) is 18.2 Å². The average Bonchev–Trinajstić information content (AvgIpc) is 3.24. The van der Waals surface area contributed by atoms with Crippen molar-refractivity contribution in [2.45, 2.75) is 44.8 Å². The number of hydrogen-bond acceptors (Lipinski definition) is 4. The maximum Gasteiger partial charge on any atom is 0.471 e. The van der Waals surface area contributed by atoms with Crippen LogP contribution in [0.2, 0.25) is 0 Å². The second kappa shape index (κ2) is 7.25. The molecule has 0 saturated heterocycles. The van der Waals surface area contributed by atoms with Crippen LogP contribution in [-0.2, 0) is 17.5 Å². The summed E-state index contributed by atoms with van der Waals surface area (Å²) in [4.78, 5) is 15.2. The number of nitrogens with one attached hydrogen (secondary N) is 1. The van der Waals surface area contributed by atoms with E-state index in [9.17, 15) is 18.0 Å². The fourth-order valence-electron chi connectivity index (χ4n) is 2.98. The van der Waals surface area contributed by atoms with Crippen molar-refractivity contribution >= 4 is 5.91 Å². The first-order chi connectivity index (χ1) is 11.9. The molecule has 1 saturated carbocycles. The zero-order valence-electron chi connectivity index (χ0n) is 13.5. The van der Waals surface area contributed by atoms with Crippen LogP contribution in [0.4, 0.5) is 13.2 Å². The maximum absolute atomic E-state index is 12.5. The molecule has 0 aliphatic heterocycles. The van der Waals surface area contributed by atoms with Gasteiger partial charge in [0.2, 0.25) is 11.7 Å². The molecule has 1 fully saturated rings. The average molecular weight is 353 g/mol. The van der Waals surface area contributed by atoms with E-state index >= 15 is 0 Å². The minimum absolute atomic E-state index is 0.0314. The first kappa shape index (κ1) is 17.4. The minimum Gasteiger partial charge on any atom is -0.352 e. The van der Waals surface area contributed by atoms with E-state index in [1.54, 1.807) is 24.3 Å². The summed E-state index contributed by atoms with van der Waals surface area (Å²) in [5.41, 5.74) is 1.27. The van der Waals surface area contributed by atoms with Gasteiger partial charge in [-0.15, -0.1) is 0 Å². The number of halogens is 3. The smallest absolute Gasteiger partial charge is 0.352 e. The minimum atomic E-state index is -4.66. The van der Waals surface area contributed by atoms with Crippen LogP contribution in [0.15, 0.2) is 28.8 Å². The molecular weight excluding hydrogens is 335 g/mol. The van der Waals surface area contributed by atoms with Crippen LogP contribution in [0.25, 0.3) is 11.4 Å². The van der Waals surface area contributed by atoms with E-state index in [0.29, 0.717) is 24.4 Å². The van der Waals surface area contributed by atoms with Gasteiger partial charge in [0, 0.05) is 18.5 Å². The number of hydrogen-bond donors (Lipinski definition) is 1. The van der Waals surface area contributed by atoms with Crippen molar-refractivity contribution < 1.29 is 22.5 Å². The summed E-state index contributed by atoms with van der Waals surface area (Å²) in [7, 11) is 0. The lowest BCUT2D eigenvalue weighted by molar-refractivity contribution is -0.159. The molecule has 1 amide bonds. The van der Waals surface area contributed by atoms with E-state index in [1.165, 1.54) is 12.8 Å². The zero-order chi connectivity index (χ0) is 17.9. The Morgan fingerprint density at radius 3 is 2.48 bits per heavy atom. The Balaban J connectivity index is 1.55. The quantitative estimate of drug-likeness (QED) is 0.884. The molecule has 25 heavy (non-hydrogen) atoms. The second-order valence-corrected chi connectivity index (χ2v) is 6.25. The molecule has 0 atom stereocenters. The summed E-state index contributed by atoms with van der Waals surface area (Å²) in [6, 6.07) is 6.64. The first-order valence-electron chi connectivity index (χ1n) is 8.19. The molecule has 0 unspecified atom stereocenters.